The van der Waals surface area contributed by atoms with Gasteiger partial charge in [0.2, 0.25) is 0 Å². The van der Waals surface area contributed by atoms with Crippen molar-refractivity contribution in [2.75, 3.05) is 6.61 Å². The van der Waals surface area contributed by atoms with Gasteiger partial charge in [-0.05, 0) is 24.6 Å². The van der Waals surface area contributed by atoms with E-state index in [4.69, 9.17) is 9.84 Å². The summed E-state index contributed by atoms with van der Waals surface area (Å²) in [4.78, 5) is 11.4. The van der Waals surface area contributed by atoms with E-state index in [2.05, 4.69) is 15.9 Å². The molecule has 0 heterocycles. The molecule has 0 saturated carbocycles. The van der Waals surface area contributed by atoms with Crippen molar-refractivity contribution >= 4 is 27.5 Å². The molecule has 0 bridgehead atoms. The molecule has 0 atom stereocenters. The second-order valence-electron chi connectivity index (χ2n) is 2.77. The molecule has 0 unspecified atom stereocenters. The van der Waals surface area contributed by atoms with Crippen LogP contribution in [0, 0.1) is 0 Å². The third-order valence-electron chi connectivity index (χ3n) is 1.76. The molecular weight excluding hydrogens is 260 g/mol. The fraction of sp³-hybridized carbons (Fsp3) is 0.182. The van der Waals surface area contributed by atoms with Gasteiger partial charge in [0.15, 0.2) is 0 Å². The normalized spacial score (nSPS) is 11.2. The first kappa shape index (κ1) is 11.8. The molecule has 1 N–H and O–H groups in total. The maximum atomic E-state index is 11.4. The van der Waals surface area contributed by atoms with Gasteiger partial charge in [0.05, 0.1) is 12.9 Å². The summed E-state index contributed by atoms with van der Waals surface area (Å²) in [5.74, 6) is -0.530. The van der Waals surface area contributed by atoms with E-state index in [-0.39, 0.29) is 12.2 Å². The largest absolute Gasteiger partial charge is 0.515 e. The number of hydrogen-bond acceptors (Lipinski definition) is 3. The summed E-state index contributed by atoms with van der Waals surface area (Å²) in [6.07, 6.45) is 0.764. The predicted molar refractivity (Wildman–Crippen MR) is 61.4 cm³/mol. The van der Waals surface area contributed by atoms with Crippen LogP contribution in [0.4, 0.5) is 0 Å². The average Bonchev–Trinajstić information content (AvgIpc) is 2.19. The first-order chi connectivity index (χ1) is 7.19. The number of ether oxygens (including phenoxy) is 1. The molecule has 0 amide bonds. The van der Waals surface area contributed by atoms with Gasteiger partial charge in [-0.1, -0.05) is 28.1 Å². The standard InChI is InChI=1S/C11H11BrO3/c1-2-15-11(14)10(7-13)8-4-3-5-9(12)6-8/h3-7,13H,2H2,1H3. The van der Waals surface area contributed by atoms with Crippen LogP contribution in [0.3, 0.4) is 0 Å². The Bertz CT molecular complexity index is 385. The molecule has 0 radical (unpaired) electrons. The van der Waals surface area contributed by atoms with Gasteiger partial charge in [-0.3, -0.25) is 0 Å². The number of benzene rings is 1. The maximum Gasteiger partial charge on any atom is 0.341 e. The van der Waals surface area contributed by atoms with Gasteiger partial charge < -0.3 is 9.84 Å². The lowest BCUT2D eigenvalue weighted by Gasteiger charge is -2.05. The van der Waals surface area contributed by atoms with Gasteiger partial charge >= 0.3 is 5.97 Å². The molecule has 1 aromatic carbocycles. The van der Waals surface area contributed by atoms with Crippen LogP contribution < -0.4 is 0 Å². The molecule has 0 aliphatic rings. The summed E-state index contributed by atoms with van der Waals surface area (Å²) in [6.45, 7) is 2.00. The number of carbonyl (C=O) groups is 1. The van der Waals surface area contributed by atoms with Gasteiger partial charge in [-0.25, -0.2) is 4.79 Å². The van der Waals surface area contributed by atoms with E-state index >= 15 is 0 Å². The number of aliphatic hydroxyl groups excluding tert-OH is 1. The molecule has 0 aromatic heterocycles. The molecule has 0 saturated heterocycles. The molecule has 3 nitrogen and oxygen atoms in total. The van der Waals surface area contributed by atoms with E-state index in [1.54, 1.807) is 25.1 Å². The Morgan fingerprint density at radius 3 is 2.87 bits per heavy atom. The monoisotopic (exact) mass is 270 g/mol. The molecule has 0 spiro atoms. The summed E-state index contributed by atoms with van der Waals surface area (Å²) in [5.41, 5.74) is 0.767. The van der Waals surface area contributed by atoms with Crippen molar-refractivity contribution in [1.29, 1.82) is 0 Å². The van der Waals surface area contributed by atoms with Crippen molar-refractivity contribution in [3.8, 4) is 0 Å². The highest BCUT2D eigenvalue weighted by molar-refractivity contribution is 9.10. The Labute approximate surface area is 96.5 Å². The lowest BCUT2D eigenvalue weighted by atomic mass is 10.1. The van der Waals surface area contributed by atoms with E-state index in [0.29, 0.717) is 5.56 Å². The molecule has 4 heteroatoms. The van der Waals surface area contributed by atoms with E-state index in [9.17, 15) is 4.79 Å². The van der Waals surface area contributed by atoms with Crippen LogP contribution >= 0.6 is 15.9 Å². The van der Waals surface area contributed by atoms with Crippen LogP contribution in [0.2, 0.25) is 0 Å². The maximum absolute atomic E-state index is 11.4. The van der Waals surface area contributed by atoms with Crippen molar-refractivity contribution in [1.82, 2.24) is 0 Å². The SMILES string of the molecule is CCOC(=O)C(=CO)c1cccc(Br)c1. The lowest BCUT2D eigenvalue weighted by molar-refractivity contribution is -0.136. The minimum atomic E-state index is -0.530. The number of carbonyl (C=O) groups excluding carboxylic acids is 1. The Hall–Kier alpha value is -1.29. The Kier molecular flexibility index (Phi) is 4.37. The second kappa shape index (κ2) is 5.56. The van der Waals surface area contributed by atoms with Gasteiger partial charge in [0.1, 0.15) is 5.57 Å². The summed E-state index contributed by atoms with van der Waals surface area (Å²) in [6, 6.07) is 7.08. The van der Waals surface area contributed by atoms with Crippen molar-refractivity contribution < 1.29 is 14.6 Å². The highest BCUT2D eigenvalue weighted by Gasteiger charge is 2.13. The Morgan fingerprint density at radius 1 is 1.60 bits per heavy atom. The average molecular weight is 271 g/mol. The second-order valence-corrected chi connectivity index (χ2v) is 3.69. The van der Waals surface area contributed by atoms with Crippen LogP contribution in [-0.4, -0.2) is 17.7 Å². The topological polar surface area (TPSA) is 46.5 Å². The molecule has 1 aromatic rings. The molecule has 0 aliphatic heterocycles. The molecule has 0 aliphatic carbocycles. The molecule has 80 valence electrons. The molecule has 0 fully saturated rings. The van der Waals surface area contributed by atoms with Crippen LogP contribution in [0.15, 0.2) is 35.0 Å². The summed E-state index contributed by atoms with van der Waals surface area (Å²) >= 11 is 3.29. The van der Waals surface area contributed by atoms with Crippen LogP contribution in [0.25, 0.3) is 5.57 Å². The summed E-state index contributed by atoms with van der Waals surface area (Å²) < 4.78 is 5.64. The summed E-state index contributed by atoms with van der Waals surface area (Å²) in [5, 5.41) is 8.99. The first-order valence-electron chi connectivity index (χ1n) is 4.46. The van der Waals surface area contributed by atoms with Gasteiger partial charge in [0.25, 0.3) is 0 Å². The molecule has 1 rings (SSSR count). The highest BCUT2D eigenvalue weighted by atomic mass is 79.9. The van der Waals surface area contributed by atoms with E-state index in [0.717, 1.165) is 10.7 Å². The number of hydrogen-bond donors (Lipinski definition) is 1. The zero-order valence-electron chi connectivity index (χ0n) is 8.24. The Balaban J connectivity index is 2.99. The lowest BCUT2D eigenvalue weighted by Crippen LogP contribution is -2.06. The van der Waals surface area contributed by atoms with E-state index in [1.165, 1.54) is 0 Å². The molecular formula is C11H11BrO3. The summed E-state index contributed by atoms with van der Waals surface area (Å²) in [7, 11) is 0. The first-order valence-corrected chi connectivity index (χ1v) is 5.25. The Morgan fingerprint density at radius 2 is 2.33 bits per heavy atom. The quantitative estimate of drug-likeness (QED) is 0.522. The van der Waals surface area contributed by atoms with Crippen LogP contribution in [-0.2, 0) is 9.53 Å². The van der Waals surface area contributed by atoms with Gasteiger partial charge in [-0.2, -0.15) is 0 Å². The van der Waals surface area contributed by atoms with Gasteiger partial charge in [-0.15, -0.1) is 0 Å². The van der Waals surface area contributed by atoms with Crippen molar-refractivity contribution in [2.45, 2.75) is 6.92 Å². The smallest absolute Gasteiger partial charge is 0.341 e. The zero-order valence-corrected chi connectivity index (χ0v) is 9.82. The van der Waals surface area contributed by atoms with Crippen molar-refractivity contribution in [3.63, 3.8) is 0 Å². The van der Waals surface area contributed by atoms with E-state index < -0.39 is 5.97 Å². The highest BCUT2D eigenvalue weighted by Crippen LogP contribution is 2.19. The number of esters is 1. The van der Waals surface area contributed by atoms with Crippen LogP contribution in [0.5, 0.6) is 0 Å². The third-order valence-corrected chi connectivity index (χ3v) is 2.25. The van der Waals surface area contributed by atoms with Crippen molar-refractivity contribution in [3.05, 3.63) is 40.6 Å². The van der Waals surface area contributed by atoms with Crippen LogP contribution in [0.1, 0.15) is 12.5 Å². The predicted octanol–water partition coefficient (Wildman–Crippen LogP) is 2.91. The number of halogens is 1. The zero-order chi connectivity index (χ0) is 11.3. The van der Waals surface area contributed by atoms with Crippen molar-refractivity contribution in [2.24, 2.45) is 0 Å². The number of aliphatic hydroxyl groups is 1. The van der Waals surface area contributed by atoms with Gasteiger partial charge in [0, 0.05) is 4.47 Å². The fourth-order valence-corrected chi connectivity index (χ4v) is 1.51. The third kappa shape index (κ3) is 3.09. The fourth-order valence-electron chi connectivity index (χ4n) is 1.11. The molecule has 15 heavy (non-hydrogen) atoms. The number of rotatable bonds is 3. The minimum absolute atomic E-state index is 0.151. The van der Waals surface area contributed by atoms with E-state index in [1.807, 2.05) is 6.07 Å². The minimum Gasteiger partial charge on any atom is -0.515 e.